The SMILES string of the molecule is CNN(/C=C\N)c1cc2c(cc1C)sc1ccccc12. The van der Waals surface area contributed by atoms with E-state index in [1.807, 2.05) is 29.6 Å². The molecule has 1 heterocycles. The number of nitrogens with two attached hydrogens (primary N) is 1. The number of benzene rings is 2. The van der Waals surface area contributed by atoms with Crippen LogP contribution in [0.4, 0.5) is 5.69 Å². The predicted octanol–water partition coefficient (Wildman–Crippen LogP) is 3.73. The van der Waals surface area contributed by atoms with E-state index < -0.39 is 0 Å². The number of hydrogen-bond acceptors (Lipinski definition) is 4. The molecule has 0 saturated heterocycles. The van der Waals surface area contributed by atoms with Gasteiger partial charge in [0.05, 0.1) is 5.69 Å². The molecule has 3 aromatic rings. The molecule has 0 aliphatic carbocycles. The Kier molecular flexibility index (Phi) is 3.34. The number of thiophene rings is 1. The summed E-state index contributed by atoms with van der Waals surface area (Å²) < 4.78 is 2.64. The third kappa shape index (κ3) is 2.03. The second kappa shape index (κ2) is 5.15. The summed E-state index contributed by atoms with van der Waals surface area (Å²) >= 11 is 1.84. The first kappa shape index (κ1) is 13.0. The van der Waals surface area contributed by atoms with Gasteiger partial charge >= 0.3 is 0 Å². The Bertz CT molecular complexity index is 789. The predicted molar refractivity (Wildman–Crippen MR) is 88.9 cm³/mol. The molecule has 3 nitrogen and oxygen atoms in total. The molecule has 0 saturated carbocycles. The lowest BCUT2D eigenvalue weighted by Crippen LogP contribution is -2.30. The smallest absolute Gasteiger partial charge is 0.0607 e. The highest BCUT2D eigenvalue weighted by Crippen LogP contribution is 2.37. The van der Waals surface area contributed by atoms with Crippen molar-refractivity contribution in [3.63, 3.8) is 0 Å². The van der Waals surface area contributed by atoms with E-state index in [0.717, 1.165) is 5.69 Å². The van der Waals surface area contributed by atoms with E-state index in [9.17, 15) is 0 Å². The van der Waals surface area contributed by atoms with Crippen LogP contribution < -0.4 is 16.2 Å². The number of nitrogens with one attached hydrogen (secondary N) is 1. The van der Waals surface area contributed by atoms with Gasteiger partial charge in [0.25, 0.3) is 0 Å². The first-order valence-corrected chi connectivity index (χ1v) is 7.33. The Hall–Kier alpha value is -2.04. The van der Waals surface area contributed by atoms with Gasteiger partial charge in [0, 0.05) is 39.6 Å². The zero-order valence-corrected chi connectivity index (χ0v) is 12.4. The zero-order chi connectivity index (χ0) is 14.1. The minimum absolute atomic E-state index is 1.12. The monoisotopic (exact) mass is 283 g/mol. The van der Waals surface area contributed by atoms with Crippen LogP contribution >= 0.6 is 11.3 Å². The van der Waals surface area contributed by atoms with Crippen LogP contribution in [0.3, 0.4) is 0 Å². The van der Waals surface area contributed by atoms with Crippen LogP contribution in [0.5, 0.6) is 0 Å². The Morgan fingerprint density at radius 3 is 2.70 bits per heavy atom. The molecular weight excluding hydrogens is 266 g/mol. The lowest BCUT2D eigenvalue weighted by atomic mass is 10.1. The second-order valence-corrected chi connectivity index (χ2v) is 5.75. The van der Waals surface area contributed by atoms with Crippen molar-refractivity contribution in [1.29, 1.82) is 0 Å². The summed E-state index contributed by atoms with van der Waals surface area (Å²) in [5.41, 5.74) is 11.0. The highest BCUT2D eigenvalue weighted by Gasteiger charge is 2.10. The molecule has 0 amide bonds. The maximum atomic E-state index is 5.52. The molecule has 3 rings (SSSR count). The van der Waals surface area contributed by atoms with Gasteiger partial charge in [-0.05, 0) is 30.7 Å². The summed E-state index contributed by atoms with van der Waals surface area (Å²) in [5.74, 6) is 0. The molecule has 102 valence electrons. The molecule has 0 aliphatic heterocycles. The molecule has 0 atom stereocenters. The molecular formula is C16H17N3S. The molecule has 0 fully saturated rings. The summed E-state index contributed by atoms with van der Waals surface area (Å²) in [5, 5.41) is 4.53. The van der Waals surface area contributed by atoms with E-state index in [-0.39, 0.29) is 0 Å². The van der Waals surface area contributed by atoms with Crippen LogP contribution in [-0.2, 0) is 0 Å². The van der Waals surface area contributed by atoms with E-state index in [4.69, 9.17) is 5.73 Å². The van der Waals surface area contributed by atoms with Crippen molar-refractivity contribution in [2.75, 3.05) is 12.1 Å². The van der Waals surface area contributed by atoms with Gasteiger partial charge in [-0.2, -0.15) is 0 Å². The third-order valence-corrected chi connectivity index (χ3v) is 4.56. The fourth-order valence-electron chi connectivity index (χ4n) is 2.48. The minimum Gasteiger partial charge on any atom is -0.403 e. The summed E-state index contributed by atoms with van der Waals surface area (Å²) in [7, 11) is 1.88. The number of hydrazine groups is 1. The lowest BCUT2D eigenvalue weighted by Gasteiger charge is -2.21. The average Bonchev–Trinajstić information content (AvgIpc) is 2.81. The fourth-order valence-corrected chi connectivity index (χ4v) is 3.67. The number of hydrogen-bond donors (Lipinski definition) is 2. The normalized spacial score (nSPS) is 11.7. The standard InChI is InChI=1S/C16H17N3S/c1-11-9-16-13(10-14(11)19(18-2)8-7-17)12-5-3-4-6-15(12)20-16/h3-10,18H,17H2,1-2H3/b8-7-. The van der Waals surface area contributed by atoms with E-state index in [2.05, 4.69) is 48.7 Å². The molecule has 0 unspecified atom stereocenters. The van der Waals surface area contributed by atoms with E-state index in [1.54, 1.807) is 0 Å². The first-order chi connectivity index (χ1) is 9.74. The average molecular weight is 283 g/mol. The molecule has 0 aliphatic rings. The maximum absolute atomic E-state index is 5.52. The van der Waals surface area contributed by atoms with Gasteiger partial charge in [-0.3, -0.25) is 5.01 Å². The van der Waals surface area contributed by atoms with Crippen LogP contribution in [0.2, 0.25) is 0 Å². The zero-order valence-electron chi connectivity index (χ0n) is 11.6. The molecule has 0 bridgehead atoms. The van der Waals surface area contributed by atoms with Crippen LogP contribution in [0.25, 0.3) is 20.2 Å². The van der Waals surface area contributed by atoms with Crippen molar-refractivity contribution in [3.8, 4) is 0 Å². The van der Waals surface area contributed by atoms with Crippen molar-refractivity contribution in [3.05, 3.63) is 54.4 Å². The highest BCUT2D eigenvalue weighted by atomic mass is 32.1. The summed E-state index contributed by atoms with van der Waals surface area (Å²) in [6.45, 7) is 2.12. The molecule has 0 radical (unpaired) electrons. The van der Waals surface area contributed by atoms with Crippen molar-refractivity contribution in [2.45, 2.75) is 6.92 Å². The molecule has 0 spiro atoms. The number of nitrogens with zero attached hydrogens (tertiary/aromatic N) is 1. The van der Waals surface area contributed by atoms with Crippen molar-refractivity contribution in [1.82, 2.24) is 5.43 Å². The topological polar surface area (TPSA) is 41.3 Å². The van der Waals surface area contributed by atoms with Gasteiger partial charge in [0.2, 0.25) is 0 Å². The van der Waals surface area contributed by atoms with Crippen LogP contribution in [0.15, 0.2) is 48.8 Å². The van der Waals surface area contributed by atoms with Crippen LogP contribution in [0.1, 0.15) is 5.56 Å². The van der Waals surface area contributed by atoms with E-state index in [0.29, 0.717) is 0 Å². The van der Waals surface area contributed by atoms with Crippen LogP contribution in [-0.4, -0.2) is 7.05 Å². The van der Waals surface area contributed by atoms with E-state index >= 15 is 0 Å². The molecule has 4 heteroatoms. The molecule has 1 aromatic heterocycles. The largest absolute Gasteiger partial charge is 0.403 e. The summed E-state index contributed by atoms with van der Waals surface area (Å²) in [6.07, 6.45) is 3.36. The maximum Gasteiger partial charge on any atom is 0.0607 e. The Morgan fingerprint density at radius 1 is 1.15 bits per heavy atom. The van der Waals surface area contributed by atoms with Gasteiger partial charge in [-0.15, -0.1) is 11.3 Å². The molecule has 3 N–H and O–H groups in total. The molecule has 2 aromatic carbocycles. The third-order valence-electron chi connectivity index (χ3n) is 3.43. The minimum atomic E-state index is 1.12. The Morgan fingerprint density at radius 2 is 1.95 bits per heavy atom. The second-order valence-electron chi connectivity index (χ2n) is 4.67. The Labute approximate surface area is 122 Å². The number of anilines is 1. The first-order valence-electron chi connectivity index (χ1n) is 6.51. The van der Waals surface area contributed by atoms with Gasteiger partial charge < -0.3 is 5.73 Å². The van der Waals surface area contributed by atoms with Crippen molar-refractivity contribution >= 4 is 37.2 Å². The van der Waals surface area contributed by atoms with Crippen molar-refractivity contribution in [2.24, 2.45) is 5.73 Å². The van der Waals surface area contributed by atoms with Gasteiger partial charge in [0.1, 0.15) is 0 Å². The van der Waals surface area contributed by atoms with E-state index in [1.165, 1.54) is 31.9 Å². The Balaban J connectivity index is 2.28. The summed E-state index contributed by atoms with van der Waals surface area (Å²) in [4.78, 5) is 0. The number of fused-ring (bicyclic) bond motifs is 3. The quantitative estimate of drug-likeness (QED) is 0.720. The van der Waals surface area contributed by atoms with Crippen LogP contribution in [0, 0.1) is 6.92 Å². The molecule has 20 heavy (non-hydrogen) atoms. The number of aryl methyl sites for hydroxylation is 1. The number of rotatable bonds is 3. The lowest BCUT2D eigenvalue weighted by molar-refractivity contribution is 0.823. The fraction of sp³-hybridized carbons (Fsp3) is 0.125. The summed E-state index contributed by atoms with van der Waals surface area (Å²) in [6, 6.07) is 13.0. The van der Waals surface area contributed by atoms with Gasteiger partial charge in [-0.25, -0.2) is 5.43 Å². The van der Waals surface area contributed by atoms with Crippen molar-refractivity contribution < 1.29 is 0 Å². The van der Waals surface area contributed by atoms with Gasteiger partial charge in [-0.1, -0.05) is 18.2 Å². The highest BCUT2D eigenvalue weighted by molar-refractivity contribution is 7.25. The van der Waals surface area contributed by atoms with Gasteiger partial charge in [0.15, 0.2) is 0 Å².